The standard InChI is InChI=1S/C22H23FN4O/c1-15-14-20(21(28)26-16(2)17-8-4-3-5-9-17)27-22(25-15)24-13-12-18-10-6-7-11-19(18)23/h3-11,14,16H,12-13H2,1-2H3,(H,26,28)(H,24,25,27). The van der Waals surface area contributed by atoms with Gasteiger partial charge in [0, 0.05) is 12.2 Å². The second-order valence-electron chi connectivity index (χ2n) is 6.59. The first-order valence-corrected chi connectivity index (χ1v) is 9.21. The lowest BCUT2D eigenvalue weighted by Gasteiger charge is -2.14. The van der Waals surface area contributed by atoms with Gasteiger partial charge in [-0.1, -0.05) is 48.5 Å². The van der Waals surface area contributed by atoms with Crippen LogP contribution >= 0.6 is 0 Å². The van der Waals surface area contributed by atoms with Crippen molar-refractivity contribution in [3.05, 3.63) is 89.0 Å². The van der Waals surface area contributed by atoms with Crippen LogP contribution in [0, 0.1) is 12.7 Å². The number of nitrogens with one attached hydrogen (secondary N) is 2. The smallest absolute Gasteiger partial charge is 0.270 e. The Morgan fingerprint density at radius 1 is 1.07 bits per heavy atom. The molecule has 1 heterocycles. The Hall–Kier alpha value is -3.28. The van der Waals surface area contributed by atoms with Crippen molar-refractivity contribution < 1.29 is 9.18 Å². The average molecular weight is 378 g/mol. The molecule has 5 nitrogen and oxygen atoms in total. The van der Waals surface area contributed by atoms with E-state index in [9.17, 15) is 9.18 Å². The van der Waals surface area contributed by atoms with Crippen LogP contribution < -0.4 is 10.6 Å². The summed E-state index contributed by atoms with van der Waals surface area (Å²) in [7, 11) is 0. The summed E-state index contributed by atoms with van der Waals surface area (Å²) in [4.78, 5) is 21.2. The second kappa shape index (κ2) is 9.08. The van der Waals surface area contributed by atoms with Crippen molar-refractivity contribution in [1.29, 1.82) is 0 Å². The highest BCUT2D eigenvalue weighted by Crippen LogP contribution is 2.13. The molecule has 2 aromatic carbocycles. The number of anilines is 1. The molecule has 1 amide bonds. The number of halogens is 1. The molecule has 3 aromatic rings. The summed E-state index contributed by atoms with van der Waals surface area (Å²) in [6.07, 6.45) is 0.497. The molecule has 0 saturated heterocycles. The maximum absolute atomic E-state index is 13.7. The highest BCUT2D eigenvalue weighted by Gasteiger charge is 2.14. The number of hydrogen-bond acceptors (Lipinski definition) is 4. The number of rotatable bonds is 7. The van der Waals surface area contributed by atoms with Gasteiger partial charge in [-0.2, -0.15) is 0 Å². The van der Waals surface area contributed by atoms with Gasteiger partial charge in [-0.15, -0.1) is 0 Å². The maximum atomic E-state index is 13.7. The number of nitrogens with zero attached hydrogens (tertiary/aromatic N) is 2. The molecule has 1 atom stereocenters. The molecule has 0 fully saturated rings. The van der Waals surface area contributed by atoms with Crippen molar-refractivity contribution in [2.75, 3.05) is 11.9 Å². The fraction of sp³-hybridized carbons (Fsp3) is 0.227. The van der Waals surface area contributed by atoms with Gasteiger partial charge < -0.3 is 10.6 Å². The fourth-order valence-corrected chi connectivity index (χ4v) is 2.87. The molecule has 2 N–H and O–H groups in total. The zero-order valence-corrected chi connectivity index (χ0v) is 15.9. The van der Waals surface area contributed by atoms with E-state index in [-0.39, 0.29) is 17.8 Å². The number of carbonyl (C=O) groups is 1. The van der Waals surface area contributed by atoms with Crippen LogP contribution in [0.15, 0.2) is 60.7 Å². The molecule has 1 aromatic heterocycles. The summed E-state index contributed by atoms with van der Waals surface area (Å²) >= 11 is 0. The Kier molecular flexibility index (Phi) is 6.32. The van der Waals surface area contributed by atoms with Gasteiger partial charge in [-0.05, 0) is 43.5 Å². The summed E-state index contributed by atoms with van der Waals surface area (Å²) in [5.74, 6) is -0.141. The predicted octanol–water partition coefficient (Wildman–Crippen LogP) is 4.07. The fourth-order valence-electron chi connectivity index (χ4n) is 2.87. The molecular weight excluding hydrogens is 355 g/mol. The topological polar surface area (TPSA) is 66.9 Å². The Morgan fingerprint density at radius 2 is 1.79 bits per heavy atom. The molecule has 28 heavy (non-hydrogen) atoms. The zero-order valence-electron chi connectivity index (χ0n) is 15.9. The number of aromatic nitrogens is 2. The molecular formula is C22H23FN4O. The minimum absolute atomic E-state index is 0.138. The number of aryl methyl sites for hydroxylation is 1. The van der Waals surface area contributed by atoms with Crippen molar-refractivity contribution in [1.82, 2.24) is 15.3 Å². The first kappa shape index (κ1) is 19.5. The van der Waals surface area contributed by atoms with Gasteiger partial charge in [-0.3, -0.25) is 4.79 Å². The van der Waals surface area contributed by atoms with Crippen molar-refractivity contribution in [3.8, 4) is 0 Å². The first-order valence-electron chi connectivity index (χ1n) is 9.21. The third kappa shape index (κ3) is 5.13. The summed E-state index contributed by atoms with van der Waals surface area (Å²) in [6, 6.07) is 17.9. The van der Waals surface area contributed by atoms with Crippen LogP contribution in [0.2, 0.25) is 0 Å². The van der Waals surface area contributed by atoms with E-state index in [1.807, 2.05) is 37.3 Å². The molecule has 144 valence electrons. The second-order valence-corrected chi connectivity index (χ2v) is 6.59. The molecule has 0 bridgehead atoms. The summed E-state index contributed by atoms with van der Waals surface area (Å²) in [6.45, 7) is 4.20. The van der Waals surface area contributed by atoms with E-state index in [1.165, 1.54) is 6.07 Å². The van der Waals surface area contributed by atoms with Crippen molar-refractivity contribution in [3.63, 3.8) is 0 Å². The number of hydrogen-bond donors (Lipinski definition) is 2. The lowest BCUT2D eigenvalue weighted by molar-refractivity contribution is 0.0934. The molecule has 0 aliphatic carbocycles. The van der Waals surface area contributed by atoms with E-state index in [0.717, 1.165) is 5.56 Å². The lowest BCUT2D eigenvalue weighted by Crippen LogP contribution is -2.28. The van der Waals surface area contributed by atoms with E-state index < -0.39 is 0 Å². The average Bonchev–Trinajstić information content (AvgIpc) is 2.69. The lowest BCUT2D eigenvalue weighted by atomic mass is 10.1. The summed E-state index contributed by atoms with van der Waals surface area (Å²) in [5, 5.41) is 6.02. The number of benzene rings is 2. The van der Waals surface area contributed by atoms with Gasteiger partial charge in [0.15, 0.2) is 0 Å². The number of carbonyl (C=O) groups excluding carboxylic acids is 1. The van der Waals surface area contributed by atoms with Crippen LogP contribution in [-0.4, -0.2) is 22.4 Å². The highest BCUT2D eigenvalue weighted by molar-refractivity contribution is 5.92. The Labute approximate surface area is 164 Å². The molecule has 0 aliphatic heterocycles. The van der Waals surface area contributed by atoms with Gasteiger partial charge in [0.05, 0.1) is 6.04 Å². The quantitative estimate of drug-likeness (QED) is 0.650. The third-order valence-corrected chi connectivity index (χ3v) is 4.37. The van der Waals surface area contributed by atoms with E-state index in [4.69, 9.17) is 0 Å². The van der Waals surface area contributed by atoms with Gasteiger partial charge in [0.2, 0.25) is 5.95 Å². The molecule has 0 aliphatic rings. The van der Waals surface area contributed by atoms with E-state index in [1.54, 1.807) is 31.2 Å². The summed E-state index contributed by atoms with van der Waals surface area (Å²) in [5.41, 5.74) is 2.62. The van der Waals surface area contributed by atoms with Crippen LogP contribution in [-0.2, 0) is 6.42 Å². The Bertz CT molecular complexity index is 946. The molecule has 1 unspecified atom stereocenters. The predicted molar refractivity (Wildman–Crippen MR) is 108 cm³/mol. The highest BCUT2D eigenvalue weighted by atomic mass is 19.1. The van der Waals surface area contributed by atoms with Crippen LogP contribution in [0.5, 0.6) is 0 Å². The zero-order chi connectivity index (χ0) is 19.9. The minimum atomic E-state index is -0.265. The van der Waals surface area contributed by atoms with Gasteiger partial charge in [0.25, 0.3) is 5.91 Å². The molecule has 6 heteroatoms. The normalized spacial score (nSPS) is 11.7. The van der Waals surface area contributed by atoms with Crippen LogP contribution in [0.1, 0.15) is 40.3 Å². The molecule has 0 saturated carbocycles. The van der Waals surface area contributed by atoms with Crippen molar-refractivity contribution >= 4 is 11.9 Å². The van der Waals surface area contributed by atoms with Gasteiger partial charge in [0.1, 0.15) is 11.5 Å². The Morgan fingerprint density at radius 3 is 2.54 bits per heavy atom. The van der Waals surface area contributed by atoms with Crippen molar-refractivity contribution in [2.45, 2.75) is 26.3 Å². The van der Waals surface area contributed by atoms with Gasteiger partial charge >= 0.3 is 0 Å². The SMILES string of the molecule is Cc1cc(C(=O)NC(C)c2ccccc2)nc(NCCc2ccccc2F)n1. The first-order chi connectivity index (χ1) is 13.5. The van der Waals surface area contributed by atoms with Crippen LogP contribution in [0.4, 0.5) is 10.3 Å². The molecule has 3 rings (SSSR count). The van der Waals surface area contributed by atoms with E-state index in [0.29, 0.717) is 35.9 Å². The summed E-state index contributed by atoms with van der Waals surface area (Å²) < 4.78 is 13.7. The molecule has 0 spiro atoms. The molecule has 0 radical (unpaired) electrons. The minimum Gasteiger partial charge on any atom is -0.354 e. The third-order valence-electron chi connectivity index (χ3n) is 4.37. The number of amides is 1. The maximum Gasteiger partial charge on any atom is 0.270 e. The van der Waals surface area contributed by atoms with E-state index in [2.05, 4.69) is 20.6 Å². The largest absolute Gasteiger partial charge is 0.354 e. The van der Waals surface area contributed by atoms with Crippen LogP contribution in [0.3, 0.4) is 0 Å². The monoisotopic (exact) mass is 378 g/mol. The Balaban J connectivity index is 1.64. The van der Waals surface area contributed by atoms with Crippen molar-refractivity contribution in [2.24, 2.45) is 0 Å². The van der Waals surface area contributed by atoms with E-state index >= 15 is 0 Å². The van der Waals surface area contributed by atoms with Crippen LogP contribution in [0.25, 0.3) is 0 Å². The van der Waals surface area contributed by atoms with Gasteiger partial charge in [-0.25, -0.2) is 14.4 Å².